The van der Waals surface area contributed by atoms with E-state index in [2.05, 4.69) is 20.3 Å². The van der Waals surface area contributed by atoms with Gasteiger partial charge in [0.2, 0.25) is 5.91 Å². The van der Waals surface area contributed by atoms with Crippen molar-refractivity contribution in [2.24, 2.45) is 5.73 Å². The Morgan fingerprint density at radius 3 is 2.74 bits per heavy atom. The van der Waals surface area contributed by atoms with E-state index in [-0.39, 0.29) is 18.1 Å². The molecule has 0 bridgehead atoms. The van der Waals surface area contributed by atoms with Crippen molar-refractivity contribution >= 4 is 28.9 Å². The van der Waals surface area contributed by atoms with Crippen LogP contribution in [0, 0.1) is 0 Å². The number of aromatic nitrogens is 3. The van der Waals surface area contributed by atoms with Crippen LogP contribution >= 0.6 is 0 Å². The maximum Gasteiger partial charge on any atom is 0.269 e. The summed E-state index contributed by atoms with van der Waals surface area (Å²) in [6, 6.07) is 5.31. The molecule has 8 heteroatoms. The third-order valence-corrected chi connectivity index (χ3v) is 3.88. The third kappa shape index (κ3) is 4.36. The lowest BCUT2D eigenvalue weighted by molar-refractivity contribution is -0.113. The SMILES string of the molecule is CC(O)CNC(=O)c1ccc(-c2cnc3[nH]cc(C=CC(N)=O)c3c2)cn1. The standard InChI is InChI=1S/C19H19N5O3/c1-11(25)7-24-19(27)16-4-2-12(8-21-16)14-6-15-13(3-5-17(20)26)9-22-18(15)23-10-14/h2-6,8-11,25H,7H2,1H3,(H2,20,26)(H,22,23)(H,24,27). The Morgan fingerprint density at radius 2 is 2.07 bits per heavy atom. The van der Waals surface area contributed by atoms with Crippen molar-refractivity contribution in [2.75, 3.05) is 6.54 Å². The van der Waals surface area contributed by atoms with Gasteiger partial charge in [0.25, 0.3) is 5.91 Å². The van der Waals surface area contributed by atoms with Gasteiger partial charge in [0.05, 0.1) is 6.10 Å². The number of amides is 2. The summed E-state index contributed by atoms with van der Waals surface area (Å²) in [5.74, 6) is -0.873. The summed E-state index contributed by atoms with van der Waals surface area (Å²) in [4.78, 5) is 34.5. The fourth-order valence-corrected chi connectivity index (χ4v) is 2.52. The van der Waals surface area contributed by atoms with E-state index in [1.165, 1.54) is 6.08 Å². The average molecular weight is 365 g/mol. The molecular weight excluding hydrogens is 346 g/mol. The van der Waals surface area contributed by atoms with Crippen LogP contribution in [0.1, 0.15) is 23.0 Å². The lowest BCUT2D eigenvalue weighted by Crippen LogP contribution is -2.31. The van der Waals surface area contributed by atoms with E-state index in [0.29, 0.717) is 5.65 Å². The average Bonchev–Trinajstić information content (AvgIpc) is 3.06. The molecule has 0 aliphatic heterocycles. The zero-order valence-corrected chi connectivity index (χ0v) is 14.6. The molecule has 0 radical (unpaired) electrons. The molecule has 27 heavy (non-hydrogen) atoms. The molecule has 0 aliphatic rings. The molecule has 3 aromatic heterocycles. The quantitative estimate of drug-likeness (QED) is 0.488. The number of pyridine rings is 2. The number of aliphatic hydroxyl groups excluding tert-OH is 1. The van der Waals surface area contributed by atoms with Gasteiger partial charge in [0.1, 0.15) is 11.3 Å². The maximum absolute atomic E-state index is 12.0. The first-order valence-corrected chi connectivity index (χ1v) is 8.31. The smallest absolute Gasteiger partial charge is 0.269 e. The van der Waals surface area contributed by atoms with Crippen molar-refractivity contribution in [1.29, 1.82) is 0 Å². The number of hydrogen-bond donors (Lipinski definition) is 4. The van der Waals surface area contributed by atoms with E-state index in [1.807, 2.05) is 6.07 Å². The number of fused-ring (bicyclic) bond motifs is 1. The van der Waals surface area contributed by atoms with Crippen LogP contribution in [0.4, 0.5) is 0 Å². The third-order valence-electron chi connectivity index (χ3n) is 3.88. The second kappa shape index (κ2) is 7.79. The fourth-order valence-electron chi connectivity index (χ4n) is 2.52. The first-order valence-electron chi connectivity index (χ1n) is 8.31. The topological polar surface area (TPSA) is 134 Å². The highest BCUT2D eigenvalue weighted by Crippen LogP contribution is 2.25. The molecule has 8 nitrogen and oxygen atoms in total. The van der Waals surface area contributed by atoms with Gasteiger partial charge < -0.3 is 21.1 Å². The number of carbonyl (C=O) groups is 2. The number of nitrogens with two attached hydrogens (primary N) is 1. The van der Waals surface area contributed by atoms with Crippen molar-refractivity contribution in [3.05, 3.63) is 54.1 Å². The van der Waals surface area contributed by atoms with Gasteiger partial charge in [-0.05, 0) is 25.1 Å². The van der Waals surface area contributed by atoms with Gasteiger partial charge in [0, 0.05) is 53.3 Å². The minimum atomic E-state index is -0.620. The highest BCUT2D eigenvalue weighted by Gasteiger charge is 2.10. The van der Waals surface area contributed by atoms with Crippen molar-refractivity contribution in [3.63, 3.8) is 0 Å². The Hall–Kier alpha value is -3.52. The lowest BCUT2D eigenvalue weighted by atomic mass is 10.1. The van der Waals surface area contributed by atoms with Gasteiger partial charge in [-0.3, -0.25) is 14.6 Å². The van der Waals surface area contributed by atoms with Crippen LogP contribution in [-0.4, -0.2) is 44.5 Å². The highest BCUT2D eigenvalue weighted by molar-refractivity contribution is 5.96. The molecule has 3 aromatic rings. The molecule has 0 fully saturated rings. The first-order chi connectivity index (χ1) is 12.9. The molecule has 0 aromatic carbocycles. The van der Waals surface area contributed by atoms with Gasteiger partial charge in [0.15, 0.2) is 0 Å². The summed E-state index contributed by atoms with van der Waals surface area (Å²) in [7, 11) is 0. The van der Waals surface area contributed by atoms with E-state index in [0.717, 1.165) is 22.1 Å². The van der Waals surface area contributed by atoms with Gasteiger partial charge in [-0.1, -0.05) is 6.07 Å². The predicted molar refractivity (Wildman–Crippen MR) is 102 cm³/mol. The van der Waals surface area contributed by atoms with Crippen molar-refractivity contribution in [3.8, 4) is 11.1 Å². The lowest BCUT2D eigenvalue weighted by Gasteiger charge is -2.07. The van der Waals surface area contributed by atoms with Gasteiger partial charge in [-0.2, -0.15) is 0 Å². The van der Waals surface area contributed by atoms with Crippen LogP contribution in [0.15, 0.2) is 42.9 Å². The largest absolute Gasteiger partial charge is 0.392 e. The number of nitrogens with zero attached hydrogens (tertiary/aromatic N) is 2. The molecule has 3 rings (SSSR count). The Balaban J connectivity index is 1.85. The summed E-state index contributed by atoms with van der Waals surface area (Å²) in [5.41, 5.74) is 8.50. The normalized spacial score (nSPS) is 12.4. The second-order valence-corrected chi connectivity index (χ2v) is 6.09. The minimum Gasteiger partial charge on any atom is -0.392 e. The molecule has 0 aliphatic carbocycles. The minimum absolute atomic E-state index is 0.165. The number of H-pyrrole nitrogens is 1. The Labute approximate surface area is 155 Å². The van der Waals surface area contributed by atoms with Crippen molar-refractivity contribution < 1.29 is 14.7 Å². The van der Waals surface area contributed by atoms with Crippen molar-refractivity contribution in [2.45, 2.75) is 13.0 Å². The number of aromatic amines is 1. The summed E-state index contributed by atoms with van der Waals surface area (Å²) in [6.07, 6.45) is 7.33. The van der Waals surface area contributed by atoms with Crippen LogP contribution in [0.25, 0.3) is 28.2 Å². The number of carbonyl (C=O) groups excluding carboxylic acids is 2. The van der Waals surface area contributed by atoms with E-state index < -0.39 is 12.0 Å². The fraction of sp³-hybridized carbons (Fsp3) is 0.158. The molecular formula is C19H19N5O3. The Kier molecular flexibility index (Phi) is 5.28. The summed E-state index contributed by atoms with van der Waals surface area (Å²) >= 11 is 0. The molecule has 0 saturated carbocycles. The molecule has 1 atom stereocenters. The van der Waals surface area contributed by atoms with E-state index in [9.17, 15) is 14.7 Å². The van der Waals surface area contributed by atoms with Crippen LogP contribution in [0.5, 0.6) is 0 Å². The number of primary amides is 1. The zero-order valence-electron chi connectivity index (χ0n) is 14.6. The number of aliphatic hydroxyl groups is 1. The summed E-state index contributed by atoms with van der Waals surface area (Å²) in [6.45, 7) is 1.76. The molecule has 1 unspecified atom stereocenters. The molecule has 0 saturated heterocycles. The molecule has 138 valence electrons. The first kappa shape index (κ1) is 18.3. The predicted octanol–water partition coefficient (Wildman–Crippen LogP) is 1.23. The highest BCUT2D eigenvalue weighted by atomic mass is 16.3. The second-order valence-electron chi connectivity index (χ2n) is 6.09. The van der Waals surface area contributed by atoms with Crippen LogP contribution in [0.3, 0.4) is 0 Å². The van der Waals surface area contributed by atoms with E-state index >= 15 is 0 Å². The van der Waals surface area contributed by atoms with E-state index in [4.69, 9.17) is 5.73 Å². The summed E-state index contributed by atoms with van der Waals surface area (Å²) < 4.78 is 0. The number of rotatable bonds is 6. The van der Waals surface area contributed by atoms with Gasteiger partial charge in [-0.25, -0.2) is 4.98 Å². The molecule has 2 amide bonds. The van der Waals surface area contributed by atoms with Gasteiger partial charge >= 0.3 is 0 Å². The van der Waals surface area contributed by atoms with Crippen LogP contribution in [-0.2, 0) is 4.79 Å². The van der Waals surface area contributed by atoms with Gasteiger partial charge in [-0.15, -0.1) is 0 Å². The van der Waals surface area contributed by atoms with Crippen LogP contribution in [0.2, 0.25) is 0 Å². The summed E-state index contributed by atoms with van der Waals surface area (Å²) in [5, 5.41) is 12.7. The Bertz CT molecular complexity index is 1010. The number of hydrogen-bond acceptors (Lipinski definition) is 5. The zero-order chi connectivity index (χ0) is 19.4. The number of nitrogens with one attached hydrogen (secondary N) is 2. The molecule has 3 heterocycles. The molecule has 5 N–H and O–H groups in total. The Morgan fingerprint density at radius 1 is 1.30 bits per heavy atom. The van der Waals surface area contributed by atoms with Crippen molar-refractivity contribution in [1.82, 2.24) is 20.3 Å². The maximum atomic E-state index is 12.0. The monoisotopic (exact) mass is 365 g/mol. The molecule has 0 spiro atoms. The van der Waals surface area contributed by atoms with E-state index in [1.54, 1.807) is 43.7 Å². The van der Waals surface area contributed by atoms with Crippen LogP contribution < -0.4 is 11.1 Å².